The summed E-state index contributed by atoms with van der Waals surface area (Å²) in [5.41, 5.74) is 4.26. The van der Waals surface area contributed by atoms with Crippen molar-refractivity contribution in [2.75, 3.05) is 13.1 Å². The number of benzene rings is 2. The van der Waals surface area contributed by atoms with Gasteiger partial charge in [-0.1, -0.05) is 49.7 Å². The number of fused-ring (bicyclic) bond motifs is 1. The van der Waals surface area contributed by atoms with E-state index < -0.39 is 0 Å². The van der Waals surface area contributed by atoms with E-state index >= 15 is 0 Å². The van der Waals surface area contributed by atoms with Gasteiger partial charge in [0.15, 0.2) is 0 Å². The molecule has 4 heteroatoms. The molecule has 2 atom stereocenters. The van der Waals surface area contributed by atoms with Crippen LogP contribution in [0.5, 0.6) is 0 Å². The van der Waals surface area contributed by atoms with E-state index in [1.807, 2.05) is 36.1 Å². The Morgan fingerprint density at radius 1 is 1.04 bits per heavy atom. The molecule has 2 aromatic rings. The summed E-state index contributed by atoms with van der Waals surface area (Å²) in [6.45, 7) is 5.51. The minimum absolute atomic E-state index is 0.0442. The van der Waals surface area contributed by atoms with Gasteiger partial charge in [0.25, 0.3) is 5.91 Å². The topological polar surface area (TPSA) is 40.6 Å². The zero-order valence-electron chi connectivity index (χ0n) is 16.7. The van der Waals surface area contributed by atoms with Crippen molar-refractivity contribution in [3.05, 3.63) is 59.7 Å². The zero-order valence-corrected chi connectivity index (χ0v) is 16.7. The van der Waals surface area contributed by atoms with Crippen LogP contribution in [0, 0.1) is 0 Å². The molecule has 4 rings (SSSR count). The number of piperazine rings is 1. The van der Waals surface area contributed by atoms with Crippen LogP contribution < -0.4 is 0 Å². The number of carbonyl (C=O) groups is 2. The summed E-state index contributed by atoms with van der Waals surface area (Å²) in [6, 6.07) is 16.2. The minimum atomic E-state index is -0.382. The number of hydrogen-bond acceptors (Lipinski definition) is 2. The van der Waals surface area contributed by atoms with E-state index in [1.165, 1.54) is 5.56 Å². The van der Waals surface area contributed by atoms with Gasteiger partial charge >= 0.3 is 0 Å². The lowest BCUT2D eigenvalue weighted by atomic mass is 10.00. The van der Waals surface area contributed by atoms with E-state index in [2.05, 4.69) is 31.2 Å². The van der Waals surface area contributed by atoms with E-state index in [-0.39, 0.29) is 23.9 Å². The minimum Gasteiger partial charge on any atom is -0.336 e. The number of nitrogens with zero attached hydrogens (tertiary/aromatic N) is 2. The molecule has 2 aromatic carbocycles. The number of aryl methyl sites for hydroxylation is 1. The summed E-state index contributed by atoms with van der Waals surface area (Å²) < 4.78 is 0. The van der Waals surface area contributed by atoms with Crippen LogP contribution in [0.2, 0.25) is 0 Å². The average molecular weight is 376 g/mol. The van der Waals surface area contributed by atoms with Crippen molar-refractivity contribution < 1.29 is 9.59 Å². The third-order valence-electron chi connectivity index (χ3n) is 6.11. The van der Waals surface area contributed by atoms with Crippen molar-refractivity contribution in [3.8, 4) is 11.1 Å². The molecule has 0 saturated carbocycles. The highest BCUT2D eigenvalue weighted by molar-refractivity contribution is 5.98. The fourth-order valence-corrected chi connectivity index (χ4v) is 4.46. The standard InChI is InChI=1S/C24H28N2O2/c1-3-5-18-7-9-19(10-8-18)20-11-13-21(14-12-20)24(28)26-16-22-6-4-15-25(22)23(27)17(26)2/h7-14,17,22H,3-6,15-16H2,1-2H3/t17-,22-/m0/s1. The molecule has 0 aliphatic carbocycles. The van der Waals surface area contributed by atoms with Crippen LogP contribution in [0.1, 0.15) is 49.0 Å². The molecule has 2 aliphatic heterocycles. The quantitative estimate of drug-likeness (QED) is 0.805. The lowest BCUT2D eigenvalue weighted by molar-refractivity contribution is -0.141. The van der Waals surface area contributed by atoms with Crippen LogP contribution in [-0.2, 0) is 11.2 Å². The van der Waals surface area contributed by atoms with Gasteiger partial charge in [0.2, 0.25) is 5.91 Å². The highest BCUT2D eigenvalue weighted by Gasteiger charge is 2.42. The van der Waals surface area contributed by atoms with Gasteiger partial charge in [0.1, 0.15) is 6.04 Å². The van der Waals surface area contributed by atoms with E-state index in [0.29, 0.717) is 12.1 Å². The van der Waals surface area contributed by atoms with Gasteiger partial charge in [-0.3, -0.25) is 9.59 Å². The summed E-state index contributed by atoms with van der Waals surface area (Å²) in [5.74, 6) is 0.0446. The van der Waals surface area contributed by atoms with Crippen LogP contribution in [-0.4, -0.2) is 46.8 Å². The molecule has 28 heavy (non-hydrogen) atoms. The highest BCUT2D eigenvalue weighted by Crippen LogP contribution is 2.27. The largest absolute Gasteiger partial charge is 0.336 e. The molecule has 0 N–H and O–H groups in total. The van der Waals surface area contributed by atoms with Crippen molar-refractivity contribution in [2.45, 2.75) is 51.6 Å². The molecule has 2 fully saturated rings. The molecule has 2 saturated heterocycles. The van der Waals surface area contributed by atoms with Crippen molar-refractivity contribution in [2.24, 2.45) is 0 Å². The Bertz CT molecular complexity index is 857. The van der Waals surface area contributed by atoms with Crippen molar-refractivity contribution in [1.82, 2.24) is 9.80 Å². The number of hydrogen-bond donors (Lipinski definition) is 0. The zero-order chi connectivity index (χ0) is 19.7. The van der Waals surface area contributed by atoms with Gasteiger partial charge < -0.3 is 9.80 Å². The smallest absolute Gasteiger partial charge is 0.254 e. The maximum Gasteiger partial charge on any atom is 0.254 e. The van der Waals surface area contributed by atoms with Crippen LogP contribution in [0.4, 0.5) is 0 Å². The predicted octanol–water partition coefficient (Wildman–Crippen LogP) is 4.14. The molecule has 0 bridgehead atoms. The maximum absolute atomic E-state index is 13.1. The number of amides is 2. The Morgan fingerprint density at radius 2 is 1.68 bits per heavy atom. The lowest BCUT2D eigenvalue weighted by Gasteiger charge is -2.41. The summed E-state index contributed by atoms with van der Waals surface area (Å²) in [6.07, 6.45) is 4.27. The van der Waals surface area contributed by atoms with Crippen LogP contribution in [0.3, 0.4) is 0 Å². The molecule has 146 valence electrons. The van der Waals surface area contributed by atoms with E-state index in [1.54, 1.807) is 4.90 Å². The Morgan fingerprint density at radius 3 is 2.32 bits per heavy atom. The molecule has 0 radical (unpaired) electrons. The second-order valence-corrected chi connectivity index (χ2v) is 7.99. The normalized spacial score (nSPS) is 21.7. The first kappa shape index (κ1) is 18.7. The predicted molar refractivity (Wildman–Crippen MR) is 111 cm³/mol. The first-order valence-electron chi connectivity index (χ1n) is 10.4. The fourth-order valence-electron chi connectivity index (χ4n) is 4.46. The van der Waals surface area contributed by atoms with Crippen molar-refractivity contribution in [1.29, 1.82) is 0 Å². The Kier molecular flexibility index (Phi) is 5.21. The lowest BCUT2D eigenvalue weighted by Crippen LogP contribution is -2.60. The molecule has 2 aliphatic rings. The van der Waals surface area contributed by atoms with Gasteiger partial charge in [-0.15, -0.1) is 0 Å². The highest BCUT2D eigenvalue weighted by atomic mass is 16.2. The molecular weight excluding hydrogens is 348 g/mol. The molecule has 2 amide bonds. The van der Waals surface area contributed by atoms with Gasteiger partial charge in [-0.25, -0.2) is 0 Å². The number of rotatable bonds is 4. The molecular formula is C24H28N2O2. The monoisotopic (exact) mass is 376 g/mol. The average Bonchev–Trinajstić information content (AvgIpc) is 3.20. The first-order valence-corrected chi connectivity index (χ1v) is 10.4. The molecule has 0 spiro atoms. The Labute approximate surface area is 167 Å². The maximum atomic E-state index is 13.1. The number of carbonyl (C=O) groups excluding carboxylic acids is 2. The van der Waals surface area contributed by atoms with E-state index in [4.69, 9.17) is 0 Å². The van der Waals surface area contributed by atoms with Gasteiger partial charge in [0.05, 0.1) is 0 Å². The Balaban J connectivity index is 1.50. The van der Waals surface area contributed by atoms with Crippen molar-refractivity contribution in [3.63, 3.8) is 0 Å². The molecule has 4 nitrogen and oxygen atoms in total. The summed E-state index contributed by atoms with van der Waals surface area (Å²) in [4.78, 5) is 29.4. The van der Waals surface area contributed by atoms with Crippen LogP contribution in [0.15, 0.2) is 48.5 Å². The SMILES string of the molecule is CCCc1ccc(-c2ccc(C(=O)N3C[C@@H]4CCCN4C(=O)[C@@H]3C)cc2)cc1. The summed E-state index contributed by atoms with van der Waals surface area (Å²) >= 11 is 0. The van der Waals surface area contributed by atoms with Gasteiger partial charge in [-0.2, -0.15) is 0 Å². The van der Waals surface area contributed by atoms with Crippen LogP contribution >= 0.6 is 0 Å². The fraction of sp³-hybridized carbons (Fsp3) is 0.417. The van der Waals surface area contributed by atoms with E-state index in [9.17, 15) is 9.59 Å². The third-order valence-corrected chi connectivity index (χ3v) is 6.11. The van der Waals surface area contributed by atoms with Crippen LogP contribution in [0.25, 0.3) is 11.1 Å². The second-order valence-electron chi connectivity index (χ2n) is 7.99. The Hall–Kier alpha value is -2.62. The molecule has 0 aromatic heterocycles. The third kappa shape index (κ3) is 3.44. The first-order chi connectivity index (χ1) is 13.6. The van der Waals surface area contributed by atoms with Gasteiger partial charge in [-0.05, 0) is 55.0 Å². The molecule has 2 heterocycles. The molecule has 0 unspecified atom stereocenters. The summed E-state index contributed by atoms with van der Waals surface area (Å²) in [7, 11) is 0. The summed E-state index contributed by atoms with van der Waals surface area (Å²) in [5, 5.41) is 0. The van der Waals surface area contributed by atoms with Crippen molar-refractivity contribution >= 4 is 11.8 Å². The van der Waals surface area contributed by atoms with Gasteiger partial charge in [0, 0.05) is 24.7 Å². The second kappa shape index (κ2) is 7.78. The van der Waals surface area contributed by atoms with E-state index in [0.717, 1.165) is 43.4 Å².